The van der Waals surface area contributed by atoms with Crippen molar-refractivity contribution in [3.05, 3.63) is 77.6 Å². The van der Waals surface area contributed by atoms with Gasteiger partial charge in [0.1, 0.15) is 18.2 Å². The normalized spacial score (nSPS) is 10.8. The van der Waals surface area contributed by atoms with Gasteiger partial charge < -0.3 is 22.5 Å². The van der Waals surface area contributed by atoms with Gasteiger partial charge in [0.05, 0.1) is 0 Å². The van der Waals surface area contributed by atoms with Crippen LogP contribution in [0.1, 0.15) is 11.1 Å². The van der Waals surface area contributed by atoms with Crippen LogP contribution in [0.3, 0.4) is 0 Å². The molecular weight excluding hydrogens is 437 g/mol. The number of halogens is 2. The van der Waals surface area contributed by atoms with E-state index in [1.165, 1.54) is 6.07 Å². The highest BCUT2D eigenvalue weighted by atomic mass is 35.5. The molecule has 0 spiro atoms. The molecule has 4 aromatic rings. The minimum atomic E-state index is -0.256. The molecular formula is C22H22ClFN5OS-. The number of thioether (sulfide) groups is 1. The average Bonchev–Trinajstić information content (AvgIpc) is 3.18. The van der Waals surface area contributed by atoms with Crippen LogP contribution in [-0.4, -0.2) is 32.5 Å². The number of aromatic nitrogens is 4. The van der Waals surface area contributed by atoms with E-state index < -0.39 is 0 Å². The molecule has 9 heteroatoms. The third-order valence-electron chi connectivity index (χ3n) is 4.73. The van der Waals surface area contributed by atoms with Gasteiger partial charge >= 0.3 is 0 Å². The SMILES string of the molecule is Cn1nnnc1SCCNCc1c(OCc2ccccc2F)ccc2ccccc12.[Cl-]. The minimum absolute atomic E-state index is 0. The fourth-order valence-corrected chi connectivity index (χ4v) is 3.92. The van der Waals surface area contributed by atoms with Gasteiger partial charge in [0.2, 0.25) is 5.16 Å². The number of nitrogens with zero attached hydrogens (tertiary/aromatic N) is 4. The Bertz CT molecular complexity index is 1140. The molecule has 3 aromatic carbocycles. The number of hydrogen-bond acceptors (Lipinski definition) is 6. The predicted octanol–water partition coefficient (Wildman–Crippen LogP) is 0.967. The summed E-state index contributed by atoms with van der Waals surface area (Å²) in [6.07, 6.45) is 0. The van der Waals surface area contributed by atoms with Crippen molar-refractivity contribution in [2.45, 2.75) is 18.3 Å². The van der Waals surface area contributed by atoms with Crippen LogP contribution in [0.4, 0.5) is 4.39 Å². The Labute approximate surface area is 190 Å². The van der Waals surface area contributed by atoms with E-state index in [1.54, 1.807) is 28.6 Å². The second kappa shape index (κ2) is 11.1. The summed E-state index contributed by atoms with van der Waals surface area (Å²) in [5.74, 6) is 1.34. The predicted molar refractivity (Wildman–Crippen MR) is 116 cm³/mol. The van der Waals surface area contributed by atoms with Crippen LogP contribution >= 0.6 is 11.8 Å². The highest BCUT2D eigenvalue weighted by molar-refractivity contribution is 7.99. The Kier molecular flexibility index (Phi) is 8.22. The van der Waals surface area contributed by atoms with Gasteiger partial charge in [0, 0.05) is 37.0 Å². The van der Waals surface area contributed by atoms with Crippen molar-refractivity contribution < 1.29 is 21.5 Å². The molecule has 0 saturated heterocycles. The molecule has 31 heavy (non-hydrogen) atoms. The van der Waals surface area contributed by atoms with E-state index in [0.717, 1.165) is 39.5 Å². The summed E-state index contributed by atoms with van der Waals surface area (Å²) in [5, 5.41) is 18.0. The molecule has 1 aromatic heterocycles. The second-order valence-corrected chi connectivity index (χ2v) is 7.82. The largest absolute Gasteiger partial charge is 1.00 e. The van der Waals surface area contributed by atoms with Crippen molar-refractivity contribution in [2.75, 3.05) is 12.3 Å². The summed E-state index contributed by atoms with van der Waals surface area (Å²) < 4.78 is 21.7. The smallest absolute Gasteiger partial charge is 0.209 e. The van der Waals surface area contributed by atoms with Crippen molar-refractivity contribution >= 4 is 22.5 Å². The quantitative estimate of drug-likeness (QED) is 0.298. The number of aryl methyl sites for hydroxylation is 1. The van der Waals surface area contributed by atoms with Crippen molar-refractivity contribution in [1.82, 2.24) is 25.5 Å². The zero-order chi connectivity index (χ0) is 20.8. The van der Waals surface area contributed by atoms with Gasteiger partial charge in [-0.2, -0.15) is 0 Å². The maximum absolute atomic E-state index is 14.0. The highest BCUT2D eigenvalue weighted by Gasteiger charge is 2.10. The van der Waals surface area contributed by atoms with Crippen LogP contribution in [-0.2, 0) is 20.2 Å². The molecule has 0 saturated carbocycles. The average molecular weight is 459 g/mol. The van der Waals surface area contributed by atoms with Gasteiger partial charge in [-0.05, 0) is 33.3 Å². The first-order valence-corrected chi connectivity index (χ1v) is 10.6. The lowest BCUT2D eigenvalue weighted by atomic mass is 10.0. The summed E-state index contributed by atoms with van der Waals surface area (Å²) in [6, 6.07) is 18.9. The monoisotopic (exact) mass is 458 g/mol. The maximum atomic E-state index is 14.0. The third-order valence-corrected chi connectivity index (χ3v) is 5.74. The number of fused-ring (bicyclic) bond motifs is 1. The fraction of sp³-hybridized carbons (Fsp3) is 0.227. The first kappa shape index (κ1) is 23.0. The Hall–Kier alpha value is -2.68. The highest BCUT2D eigenvalue weighted by Crippen LogP contribution is 2.29. The molecule has 162 valence electrons. The molecule has 0 bridgehead atoms. The number of nitrogens with one attached hydrogen (secondary N) is 1. The van der Waals surface area contributed by atoms with Gasteiger partial charge in [-0.15, -0.1) is 5.10 Å². The molecule has 1 N–H and O–H groups in total. The summed E-state index contributed by atoms with van der Waals surface area (Å²) in [5.41, 5.74) is 1.60. The zero-order valence-corrected chi connectivity index (χ0v) is 18.5. The maximum Gasteiger partial charge on any atom is 0.209 e. The van der Waals surface area contributed by atoms with E-state index in [1.807, 2.05) is 37.4 Å². The van der Waals surface area contributed by atoms with E-state index in [0.29, 0.717) is 12.1 Å². The molecule has 0 aliphatic carbocycles. The molecule has 0 fully saturated rings. The molecule has 4 rings (SSSR count). The van der Waals surface area contributed by atoms with Crippen LogP contribution in [0.15, 0.2) is 65.8 Å². The van der Waals surface area contributed by atoms with E-state index in [2.05, 4.69) is 33.0 Å². The van der Waals surface area contributed by atoms with Crippen LogP contribution < -0.4 is 22.5 Å². The number of hydrogen-bond donors (Lipinski definition) is 1. The number of rotatable bonds is 9. The van der Waals surface area contributed by atoms with E-state index in [-0.39, 0.29) is 24.8 Å². The molecule has 1 heterocycles. The second-order valence-electron chi connectivity index (χ2n) is 6.75. The zero-order valence-electron chi connectivity index (χ0n) is 17.0. The molecule has 0 amide bonds. The molecule has 0 aliphatic heterocycles. The lowest BCUT2D eigenvalue weighted by Crippen LogP contribution is -3.00. The van der Waals surface area contributed by atoms with E-state index in [4.69, 9.17) is 4.74 Å². The fourth-order valence-electron chi connectivity index (χ4n) is 3.18. The van der Waals surface area contributed by atoms with Gasteiger partial charge in [-0.25, -0.2) is 9.07 Å². The van der Waals surface area contributed by atoms with E-state index >= 15 is 0 Å². The Balaban J connectivity index is 0.00000272. The van der Waals surface area contributed by atoms with Gasteiger partial charge in [0.25, 0.3) is 0 Å². The Morgan fingerprint density at radius 1 is 1.06 bits per heavy atom. The summed E-state index contributed by atoms with van der Waals surface area (Å²) in [6.45, 7) is 1.62. The lowest BCUT2D eigenvalue weighted by Gasteiger charge is -2.15. The minimum Gasteiger partial charge on any atom is -1.00 e. The van der Waals surface area contributed by atoms with Gasteiger partial charge in [-0.3, -0.25) is 0 Å². The first-order chi connectivity index (χ1) is 14.7. The number of ether oxygens (including phenoxy) is 1. The third kappa shape index (κ3) is 5.72. The van der Waals surface area contributed by atoms with Crippen LogP contribution in [0.5, 0.6) is 5.75 Å². The standard InChI is InChI=1S/C22H22FN5OS.ClH/c1-28-22(25-26-27-28)30-13-12-24-14-19-18-8-4-2-6-16(18)10-11-21(19)29-15-17-7-3-5-9-20(17)23;/h2-11,24H,12-15H2,1H3;1H/p-1. The van der Waals surface area contributed by atoms with Crippen LogP contribution in [0, 0.1) is 5.82 Å². The molecule has 6 nitrogen and oxygen atoms in total. The van der Waals surface area contributed by atoms with Crippen molar-refractivity contribution in [1.29, 1.82) is 0 Å². The van der Waals surface area contributed by atoms with Gasteiger partial charge in [0.15, 0.2) is 0 Å². The molecule has 0 radical (unpaired) electrons. The summed E-state index contributed by atoms with van der Waals surface area (Å²) in [7, 11) is 1.82. The Morgan fingerprint density at radius 2 is 1.87 bits per heavy atom. The van der Waals surface area contributed by atoms with Gasteiger partial charge in [-0.1, -0.05) is 60.3 Å². The van der Waals surface area contributed by atoms with Crippen molar-refractivity contribution in [3.63, 3.8) is 0 Å². The number of benzene rings is 3. The van der Waals surface area contributed by atoms with Crippen molar-refractivity contribution in [3.8, 4) is 5.75 Å². The van der Waals surface area contributed by atoms with Crippen LogP contribution in [0.2, 0.25) is 0 Å². The summed E-state index contributed by atoms with van der Waals surface area (Å²) in [4.78, 5) is 0. The van der Waals surface area contributed by atoms with Crippen molar-refractivity contribution in [2.24, 2.45) is 7.05 Å². The van der Waals surface area contributed by atoms with Crippen LogP contribution in [0.25, 0.3) is 10.8 Å². The molecule has 0 aliphatic rings. The summed E-state index contributed by atoms with van der Waals surface area (Å²) >= 11 is 1.60. The Morgan fingerprint density at radius 3 is 2.68 bits per heavy atom. The molecule has 0 unspecified atom stereocenters. The lowest BCUT2D eigenvalue weighted by molar-refractivity contribution is -0.00000717. The number of tetrazole rings is 1. The molecule has 0 atom stereocenters. The first-order valence-electron chi connectivity index (χ1n) is 9.65. The topological polar surface area (TPSA) is 64.9 Å². The van der Waals surface area contributed by atoms with E-state index in [9.17, 15) is 4.39 Å².